The van der Waals surface area contributed by atoms with Crippen LogP contribution >= 0.6 is 15.9 Å². The van der Waals surface area contributed by atoms with E-state index in [2.05, 4.69) is 21.2 Å². The second kappa shape index (κ2) is 5.47. The van der Waals surface area contributed by atoms with E-state index in [9.17, 15) is 4.79 Å². The van der Waals surface area contributed by atoms with Gasteiger partial charge in [0.05, 0.1) is 0 Å². The minimum atomic E-state index is -0.0990. The number of hydrogen-bond acceptors (Lipinski definition) is 1. The molecule has 3 aromatic carbocycles. The Bertz CT molecular complexity index is 768. The smallest absolute Gasteiger partial charge is 0.255 e. The summed E-state index contributed by atoms with van der Waals surface area (Å²) in [6.45, 7) is 0. The van der Waals surface area contributed by atoms with Gasteiger partial charge in [-0.3, -0.25) is 4.79 Å². The van der Waals surface area contributed by atoms with Crippen LogP contribution < -0.4 is 5.32 Å². The van der Waals surface area contributed by atoms with Gasteiger partial charge < -0.3 is 5.32 Å². The maximum atomic E-state index is 12.2. The number of nitrogens with one attached hydrogen (secondary N) is 1. The fraction of sp³-hybridized carbons (Fsp3) is 0. The Morgan fingerprint density at radius 3 is 2.20 bits per heavy atom. The van der Waals surface area contributed by atoms with Crippen molar-refractivity contribution in [1.82, 2.24) is 0 Å². The highest BCUT2D eigenvalue weighted by atomic mass is 79.9. The minimum absolute atomic E-state index is 0.0990. The lowest BCUT2D eigenvalue weighted by Crippen LogP contribution is -2.11. The maximum absolute atomic E-state index is 12.2. The van der Waals surface area contributed by atoms with E-state index in [1.807, 2.05) is 54.6 Å². The van der Waals surface area contributed by atoms with E-state index in [0.29, 0.717) is 5.56 Å². The van der Waals surface area contributed by atoms with Gasteiger partial charge in [-0.1, -0.05) is 58.4 Å². The van der Waals surface area contributed by atoms with Crippen LogP contribution in [0, 0.1) is 0 Å². The highest BCUT2D eigenvalue weighted by Crippen LogP contribution is 2.30. The molecule has 2 nitrogen and oxygen atoms in total. The topological polar surface area (TPSA) is 29.1 Å². The number of carbonyl (C=O) groups excluding carboxylic acids is 1. The van der Waals surface area contributed by atoms with Crippen LogP contribution in [0.2, 0.25) is 0 Å². The van der Waals surface area contributed by atoms with E-state index in [-0.39, 0.29) is 5.91 Å². The molecule has 3 aromatic rings. The lowest BCUT2D eigenvalue weighted by Gasteiger charge is -2.10. The monoisotopic (exact) mass is 325 g/mol. The minimum Gasteiger partial charge on any atom is -0.321 e. The average Bonchev–Trinajstić information content (AvgIpc) is 2.51. The molecule has 0 saturated carbocycles. The number of rotatable bonds is 2. The zero-order chi connectivity index (χ0) is 13.9. The first-order valence-corrected chi connectivity index (χ1v) is 7.08. The predicted molar refractivity (Wildman–Crippen MR) is 86.0 cm³/mol. The van der Waals surface area contributed by atoms with Crippen molar-refractivity contribution in [3.05, 3.63) is 76.8 Å². The summed E-state index contributed by atoms with van der Waals surface area (Å²) in [5, 5.41) is 5.07. The maximum Gasteiger partial charge on any atom is 0.255 e. The molecule has 0 aliphatic heterocycles. The van der Waals surface area contributed by atoms with Crippen molar-refractivity contribution in [2.45, 2.75) is 0 Å². The third-order valence-electron chi connectivity index (χ3n) is 3.16. The summed E-state index contributed by atoms with van der Waals surface area (Å²) in [5.74, 6) is -0.0990. The molecule has 20 heavy (non-hydrogen) atoms. The zero-order valence-electron chi connectivity index (χ0n) is 10.6. The molecule has 0 radical (unpaired) electrons. The summed E-state index contributed by atoms with van der Waals surface area (Å²) in [7, 11) is 0. The number of benzene rings is 3. The molecule has 0 spiro atoms. The molecule has 0 aliphatic carbocycles. The van der Waals surface area contributed by atoms with Gasteiger partial charge in [0.15, 0.2) is 0 Å². The molecular formula is C17H12BrNO. The molecule has 3 heteroatoms. The predicted octanol–water partition coefficient (Wildman–Crippen LogP) is 4.85. The number of halogens is 1. The molecule has 0 aliphatic rings. The molecule has 0 saturated heterocycles. The fourth-order valence-corrected chi connectivity index (χ4v) is 2.63. The van der Waals surface area contributed by atoms with Crippen molar-refractivity contribution in [2.75, 3.05) is 5.32 Å². The number of carbonyl (C=O) groups is 1. The van der Waals surface area contributed by atoms with Gasteiger partial charge in [-0.05, 0) is 29.7 Å². The summed E-state index contributed by atoms with van der Waals surface area (Å²) in [5.41, 5.74) is 1.47. The third kappa shape index (κ3) is 2.45. The molecule has 1 amide bonds. The molecule has 98 valence electrons. The van der Waals surface area contributed by atoms with E-state index in [4.69, 9.17) is 0 Å². The Kier molecular flexibility index (Phi) is 3.52. The lowest BCUT2D eigenvalue weighted by atomic mass is 10.1. The van der Waals surface area contributed by atoms with Gasteiger partial charge in [0.1, 0.15) is 0 Å². The van der Waals surface area contributed by atoms with E-state index in [1.165, 1.54) is 0 Å². The Morgan fingerprint density at radius 1 is 0.800 bits per heavy atom. The molecule has 0 heterocycles. The molecule has 0 aromatic heterocycles. The Morgan fingerprint density at radius 2 is 1.45 bits per heavy atom. The van der Waals surface area contributed by atoms with Gasteiger partial charge in [0, 0.05) is 21.1 Å². The molecule has 1 N–H and O–H groups in total. The molecule has 0 fully saturated rings. The normalized spacial score (nSPS) is 10.4. The standard InChI is InChI=1S/C17H12BrNO/c18-15-10-11-16(14-9-5-4-8-13(14)15)19-17(20)12-6-2-1-3-7-12/h1-11H,(H,19,20). The van der Waals surface area contributed by atoms with Gasteiger partial charge in [0.2, 0.25) is 0 Å². The number of fused-ring (bicyclic) bond motifs is 1. The number of anilines is 1. The fourth-order valence-electron chi connectivity index (χ4n) is 2.16. The van der Waals surface area contributed by atoms with Crippen LogP contribution in [0.5, 0.6) is 0 Å². The molecule has 0 unspecified atom stereocenters. The first kappa shape index (κ1) is 12.9. The van der Waals surface area contributed by atoms with E-state index in [0.717, 1.165) is 20.9 Å². The van der Waals surface area contributed by atoms with Crippen LogP contribution in [-0.4, -0.2) is 5.91 Å². The third-order valence-corrected chi connectivity index (χ3v) is 3.85. The highest BCUT2D eigenvalue weighted by molar-refractivity contribution is 9.10. The Balaban J connectivity index is 2.00. The largest absolute Gasteiger partial charge is 0.321 e. The summed E-state index contributed by atoms with van der Waals surface area (Å²) < 4.78 is 1.02. The first-order valence-electron chi connectivity index (χ1n) is 6.29. The van der Waals surface area contributed by atoms with E-state index >= 15 is 0 Å². The van der Waals surface area contributed by atoms with Crippen LogP contribution in [0.1, 0.15) is 10.4 Å². The lowest BCUT2D eigenvalue weighted by molar-refractivity contribution is 0.102. The van der Waals surface area contributed by atoms with Crippen LogP contribution in [0.15, 0.2) is 71.2 Å². The zero-order valence-corrected chi connectivity index (χ0v) is 12.2. The first-order chi connectivity index (χ1) is 9.75. The van der Waals surface area contributed by atoms with Crippen molar-refractivity contribution in [3.63, 3.8) is 0 Å². The van der Waals surface area contributed by atoms with Crippen molar-refractivity contribution in [3.8, 4) is 0 Å². The average molecular weight is 326 g/mol. The van der Waals surface area contributed by atoms with Gasteiger partial charge in [-0.15, -0.1) is 0 Å². The SMILES string of the molecule is O=C(Nc1ccc(Br)c2ccccc12)c1ccccc1. The van der Waals surface area contributed by atoms with Gasteiger partial charge in [-0.25, -0.2) is 0 Å². The Labute approximate surface area is 125 Å². The number of hydrogen-bond donors (Lipinski definition) is 1. The van der Waals surface area contributed by atoms with Crippen molar-refractivity contribution < 1.29 is 4.79 Å². The summed E-state index contributed by atoms with van der Waals surface area (Å²) in [6, 6.07) is 21.0. The van der Waals surface area contributed by atoms with Crippen molar-refractivity contribution >= 4 is 38.3 Å². The summed E-state index contributed by atoms with van der Waals surface area (Å²) >= 11 is 3.53. The second-order valence-corrected chi connectivity index (χ2v) is 5.32. The number of amides is 1. The van der Waals surface area contributed by atoms with Crippen molar-refractivity contribution in [2.24, 2.45) is 0 Å². The van der Waals surface area contributed by atoms with E-state index in [1.54, 1.807) is 12.1 Å². The van der Waals surface area contributed by atoms with Crippen LogP contribution in [0.4, 0.5) is 5.69 Å². The van der Waals surface area contributed by atoms with Gasteiger partial charge in [0.25, 0.3) is 5.91 Å². The van der Waals surface area contributed by atoms with Gasteiger partial charge >= 0.3 is 0 Å². The molecule has 0 bridgehead atoms. The molecule has 0 atom stereocenters. The van der Waals surface area contributed by atoms with Gasteiger partial charge in [-0.2, -0.15) is 0 Å². The van der Waals surface area contributed by atoms with Crippen LogP contribution in [0.25, 0.3) is 10.8 Å². The molecular weight excluding hydrogens is 314 g/mol. The van der Waals surface area contributed by atoms with Crippen LogP contribution in [-0.2, 0) is 0 Å². The summed E-state index contributed by atoms with van der Waals surface area (Å²) in [6.07, 6.45) is 0. The molecule has 3 rings (SSSR count). The quantitative estimate of drug-likeness (QED) is 0.716. The van der Waals surface area contributed by atoms with Crippen LogP contribution in [0.3, 0.4) is 0 Å². The second-order valence-electron chi connectivity index (χ2n) is 4.46. The van der Waals surface area contributed by atoms with Crippen molar-refractivity contribution in [1.29, 1.82) is 0 Å². The highest BCUT2D eigenvalue weighted by Gasteiger charge is 2.08. The summed E-state index contributed by atoms with van der Waals surface area (Å²) in [4.78, 5) is 12.2. The van der Waals surface area contributed by atoms with E-state index < -0.39 is 0 Å². The Hall–Kier alpha value is -2.13.